The van der Waals surface area contributed by atoms with E-state index in [1.165, 1.54) is 6.42 Å². The van der Waals surface area contributed by atoms with E-state index < -0.39 is 0 Å². The van der Waals surface area contributed by atoms with Gasteiger partial charge in [-0.25, -0.2) is 4.79 Å². The summed E-state index contributed by atoms with van der Waals surface area (Å²) in [4.78, 5) is 16.3. The summed E-state index contributed by atoms with van der Waals surface area (Å²) in [5, 5.41) is 12.3. The summed E-state index contributed by atoms with van der Waals surface area (Å²) >= 11 is 0. The molecular weight excluding hydrogens is 230 g/mol. The van der Waals surface area contributed by atoms with Crippen molar-refractivity contribution in [3.05, 3.63) is 0 Å². The normalized spacial score (nSPS) is 27.6. The Labute approximate surface area is 108 Å². The molecule has 0 radical (unpaired) electrons. The summed E-state index contributed by atoms with van der Waals surface area (Å²) in [5.41, 5.74) is 0.847. The maximum Gasteiger partial charge on any atom is 0.320 e. The molecule has 2 fully saturated rings. The van der Waals surface area contributed by atoms with Gasteiger partial charge in [-0.3, -0.25) is 0 Å². The molecule has 2 aliphatic rings. The highest BCUT2D eigenvalue weighted by atomic mass is 16.4. The third-order valence-corrected chi connectivity index (χ3v) is 4.07. The Morgan fingerprint density at radius 3 is 2.61 bits per heavy atom. The first kappa shape index (κ1) is 13.2. The number of rotatable bonds is 1. The fraction of sp³-hybridized carbons (Fsp3) is 0.846. The number of hydrogen-bond acceptors (Lipinski definition) is 3. The smallest absolute Gasteiger partial charge is 0.320 e. The van der Waals surface area contributed by atoms with Crippen LogP contribution in [0.5, 0.6) is 0 Å². The first-order chi connectivity index (χ1) is 8.76. The van der Waals surface area contributed by atoms with Gasteiger partial charge in [0, 0.05) is 38.5 Å². The molecule has 0 aromatic carbocycles. The van der Waals surface area contributed by atoms with Crippen molar-refractivity contribution in [2.24, 2.45) is 11.1 Å². The molecular formula is C13H23N3O2. The lowest BCUT2D eigenvalue weighted by molar-refractivity contribution is 0.136. The lowest BCUT2D eigenvalue weighted by atomic mass is 9.93. The zero-order chi connectivity index (χ0) is 13.0. The van der Waals surface area contributed by atoms with Crippen molar-refractivity contribution in [1.82, 2.24) is 9.80 Å². The summed E-state index contributed by atoms with van der Waals surface area (Å²) in [5.74, 6) is 0.220. The largest absolute Gasteiger partial charge is 0.411 e. The zero-order valence-electron chi connectivity index (χ0n) is 11.1. The van der Waals surface area contributed by atoms with E-state index in [0.717, 1.165) is 38.1 Å². The van der Waals surface area contributed by atoms with Gasteiger partial charge in [-0.15, -0.1) is 0 Å². The maximum absolute atomic E-state index is 12.4. The third kappa shape index (κ3) is 2.76. The van der Waals surface area contributed by atoms with Crippen LogP contribution in [0.3, 0.4) is 0 Å². The summed E-state index contributed by atoms with van der Waals surface area (Å²) in [6.45, 7) is 5.25. The van der Waals surface area contributed by atoms with Gasteiger partial charge < -0.3 is 15.0 Å². The molecule has 0 aromatic heterocycles. The Hall–Kier alpha value is -1.26. The van der Waals surface area contributed by atoms with E-state index in [0.29, 0.717) is 19.5 Å². The van der Waals surface area contributed by atoms with Crippen LogP contribution in [0.1, 0.15) is 39.0 Å². The van der Waals surface area contributed by atoms with Crippen LogP contribution >= 0.6 is 0 Å². The summed E-state index contributed by atoms with van der Waals surface area (Å²) in [7, 11) is 0. The van der Waals surface area contributed by atoms with E-state index >= 15 is 0 Å². The fourth-order valence-corrected chi connectivity index (χ4v) is 2.87. The molecule has 0 aromatic rings. The summed E-state index contributed by atoms with van der Waals surface area (Å²) in [6.07, 6.45) is 5.11. The van der Waals surface area contributed by atoms with E-state index in [9.17, 15) is 4.79 Å². The quantitative estimate of drug-likeness (QED) is 0.575. The van der Waals surface area contributed by atoms with Gasteiger partial charge in [0.25, 0.3) is 0 Å². The van der Waals surface area contributed by atoms with Gasteiger partial charge in [-0.05, 0) is 25.7 Å². The molecule has 0 saturated carbocycles. The maximum atomic E-state index is 12.4. The zero-order valence-corrected chi connectivity index (χ0v) is 11.1. The molecule has 0 bridgehead atoms. The Kier molecular flexibility index (Phi) is 4.44. The molecule has 0 spiro atoms. The first-order valence-corrected chi connectivity index (χ1v) is 7.01. The Balaban J connectivity index is 1.95. The molecule has 102 valence electrons. The van der Waals surface area contributed by atoms with Gasteiger partial charge in [-0.1, -0.05) is 12.1 Å². The molecule has 2 aliphatic heterocycles. The molecule has 18 heavy (non-hydrogen) atoms. The van der Waals surface area contributed by atoms with Crippen LogP contribution in [0.2, 0.25) is 0 Å². The van der Waals surface area contributed by atoms with Crippen molar-refractivity contribution in [2.75, 3.05) is 26.2 Å². The van der Waals surface area contributed by atoms with E-state index in [-0.39, 0.29) is 11.9 Å². The Morgan fingerprint density at radius 1 is 1.28 bits per heavy atom. The monoisotopic (exact) mass is 253 g/mol. The molecule has 1 N–H and O–H groups in total. The van der Waals surface area contributed by atoms with Crippen LogP contribution in [0, 0.1) is 5.92 Å². The van der Waals surface area contributed by atoms with Crippen molar-refractivity contribution >= 4 is 11.7 Å². The van der Waals surface area contributed by atoms with Gasteiger partial charge in [0.15, 0.2) is 0 Å². The molecule has 2 heterocycles. The molecule has 1 atom stereocenters. The second-order valence-electron chi connectivity index (χ2n) is 5.22. The fourth-order valence-electron chi connectivity index (χ4n) is 2.87. The van der Waals surface area contributed by atoms with Crippen molar-refractivity contribution < 1.29 is 10.0 Å². The van der Waals surface area contributed by atoms with Crippen LogP contribution in [0.15, 0.2) is 5.16 Å². The van der Waals surface area contributed by atoms with Gasteiger partial charge in [0.05, 0.1) is 5.71 Å². The van der Waals surface area contributed by atoms with Gasteiger partial charge in [0.1, 0.15) is 0 Å². The number of urea groups is 1. The van der Waals surface area contributed by atoms with Crippen molar-refractivity contribution in [1.29, 1.82) is 0 Å². The van der Waals surface area contributed by atoms with Gasteiger partial charge in [-0.2, -0.15) is 0 Å². The first-order valence-electron chi connectivity index (χ1n) is 7.01. The standard InChI is InChI=1S/C13H23N3O2/c1-2-11-10-16(9-6-12(11)14-18)13(17)15-7-4-3-5-8-15/h11,18H,2-10H2,1H3. The molecule has 2 saturated heterocycles. The number of likely N-dealkylation sites (tertiary alicyclic amines) is 2. The Morgan fingerprint density at radius 2 is 2.00 bits per heavy atom. The highest BCUT2D eigenvalue weighted by molar-refractivity contribution is 5.89. The molecule has 5 heteroatoms. The molecule has 0 aliphatic carbocycles. The number of nitrogens with zero attached hydrogens (tertiary/aromatic N) is 3. The summed E-state index contributed by atoms with van der Waals surface area (Å²) < 4.78 is 0. The molecule has 5 nitrogen and oxygen atoms in total. The number of carbonyl (C=O) groups excluding carboxylic acids is 1. The second kappa shape index (κ2) is 6.07. The predicted molar refractivity (Wildman–Crippen MR) is 70.0 cm³/mol. The number of piperidine rings is 2. The SMILES string of the molecule is CCC1CN(C(=O)N2CCCCC2)CCC1=NO. The van der Waals surface area contributed by atoms with E-state index in [1.54, 1.807) is 0 Å². The van der Waals surface area contributed by atoms with Crippen LogP contribution in [0.4, 0.5) is 4.79 Å². The van der Waals surface area contributed by atoms with Crippen LogP contribution < -0.4 is 0 Å². The van der Waals surface area contributed by atoms with Gasteiger partial charge >= 0.3 is 6.03 Å². The molecule has 1 unspecified atom stereocenters. The minimum atomic E-state index is 0.171. The minimum absolute atomic E-state index is 0.171. The van der Waals surface area contributed by atoms with E-state index in [1.807, 2.05) is 9.80 Å². The minimum Gasteiger partial charge on any atom is -0.411 e. The molecule has 2 amide bonds. The van der Waals surface area contributed by atoms with Crippen molar-refractivity contribution in [3.8, 4) is 0 Å². The van der Waals surface area contributed by atoms with E-state index in [4.69, 9.17) is 5.21 Å². The number of amides is 2. The predicted octanol–water partition coefficient (Wildman–Crippen LogP) is 2.15. The number of hydrogen-bond donors (Lipinski definition) is 1. The van der Waals surface area contributed by atoms with Crippen molar-refractivity contribution in [3.63, 3.8) is 0 Å². The lowest BCUT2D eigenvalue weighted by Gasteiger charge is -2.37. The highest BCUT2D eigenvalue weighted by Gasteiger charge is 2.30. The second-order valence-corrected chi connectivity index (χ2v) is 5.22. The number of carbonyl (C=O) groups is 1. The van der Waals surface area contributed by atoms with E-state index in [2.05, 4.69) is 12.1 Å². The summed E-state index contributed by atoms with van der Waals surface area (Å²) in [6, 6.07) is 0.171. The average molecular weight is 253 g/mol. The third-order valence-electron chi connectivity index (χ3n) is 4.07. The molecule has 2 rings (SSSR count). The Bertz CT molecular complexity index is 324. The highest BCUT2D eigenvalue weighted by Crippen LogP contribution is 2.20. The lowest BCUT2D eigenvalue weighted by Crippen LogP contribution is -2.51. The van der Waals surface area contributed by atoms with Crippen LogP contribution in [-0.2, 0) is 0 Å². The van der Waals surface area contributed by atoms with Crippen LogP contribution in [-0.4, -0.2) is 52.9 Å². The van der Waals surface area contributed by atoms with Gasteiger partial charge in [0.2, 0.25) is 0 Å². The topological polar surface area (TPSA) is 56.1 Å². The van der Waals surface area contributed by atoms with Crippen LogP contribution in [0.25, 0.3) is 0 Å². The number of oxime groups is 1. The average Bonchev–Trinajstić information content (AvgIpc) is 2.46. The van der Waals surface area contributed by atoms with Crippen molar-refractivity contribution in [2.45, 2.75) is 39.0 Å².